The lowest BCUT2D eigenvalue weighted by Crippen LogP contribution is -2.45. The number of hydrogen-bond donors (Lipinski definition) is 1. The summed E-state index contributed by atoms with van der Waals surface area (Å²) in [6, 6.07) is 0. The third-order valence-corrected chi connectivity index (χ3v) is 5.10. The SMILES string of the molecule is C=C1CCC2C(CCC(C)C2(C)/C=N\O)C1. The molecule has 0 heterocycles. The lowest BCUT2D eigenvalue weighted by molar-refractivity contribution is 0.0469. The summed E-state index contributed by atoms with van der Waals surface area (Å²) in [4.78, 5) is 0. The molecule has 2 heteroatoms. The molecule has 0 aliphatic heterocycles. The van der Waals surface area contributed by atoms with E-state index < -0.39 is 0 Å². The fourth-order valence-electron chi connectivity index (χ4n) is 3.82. The maximum atomic E-state index is 8.90. The molecule has 0 saturated heterocycles. The van der Waals surface area contributed by atoms with Gasteiger partial charge in [-0.25, -0.2) is 0 Å². The first-order chi connectivity index (χ1) is 7.58. The van der Waals surface area contributed by atoms with Crippen molar-refractivity contribution in [2.75, 3.05) is 0 Å². The molecule has 0 radical (unpaired) electrons. The number of allylic oxidation sites excluding steroid dienone is 1. The second kappa shape index (κ2) is 4.23. The molecule has 2 aliphatic rings. The molecule has 2 rings (SSSR count). The molecule has 16 heavy (non-hydrogen) atoms. The van der Waals surface area contributed by atoms with Gasteiger partial charge in [-0.3, -0.25) is 0 Å². The van der Waals surface area contributed by atoms with Gasteiger partial charge < -0.3 is 5.21 Å². The average molecular weight is 221 g/mol. The van der Waals surface area contributed by atoms with E-state index in [0.29, 0.717) is 11.8 Å². The summed E-state index contributed by atoms with van der Waals surface area (Å²) in [5.41, 5.74) is 1.50. The Hall–Kier alpha value is -0.790. The van der Waals surface area contributed by atoms with Crippen molar-refractivity contribution in [1.29, 1.82) is 0 Å². The van der Waals surface area contributed by atoms with Crippen molar-refractivity contribution in [1.82, 2.24) is 0 Å². The Kier molecular flexibility index (Phi) is 3.09. The normalized spacial score (nSPS) is 44.6. The van der Waals surface area contributed by atoms with Crippen LogP contribution < -0.4 is 0 Å². The fraction of sp³-hybridized carbons (Fsp3) is 0.786. The summed E-state index contributed by atoms with van der Waals surface area (Å²) in [5.74, 6) is 2.06. The van der Waals surface area contributed by atoms with E-state index in [0.717, 1.165) is 12.3 Å². The van der Waals surface area contributed by atoms with E-state index in [1.807, 2.05) is 0 Å². The van der Waals surface area contributed by atoms with Crippen LogP contribution in [0.2, 0.25) is 0 Å². The third-order valence-electron chi connectivity index (χ3n) is 5.10. The first-order valence-electron chi connectivity index (χ1n) is 6.43. The highest BCUT2D eigenvalue weighted by Gasteiger charge is 2.46. The fourth-order valence-corrected chi connectivity index (χ4v) is 3.82. The summed E-state index contributed by atoms with van der Waals surface area (Å²) in [5, 5.41) is 12.2. The predicted molar refractivity (Wildman–Crippen MR) is 66.8 cm³/mol. The van der Waals surface area contributed by atoms with Crippen LogP contribution in [0, 0.1) is 23.2 Å². The molecule has 2 aliphatic carbocycles. The van der Waals surface area contributed by atoms with E-state index in [9.17, 15) is 0 Å². The molecule has 0 bridgehead atoms. The summed E-state index contributed by atoms with van der Waals surface area (Å²) < 4.78 is 0. The lowest BCUT2D eigenvalue weighted by atomic mass is 9.54. The Morgan fingerprint density at radius 2 is 2.19 bits per heavy atom. The molecule has 2 saturated carbocycles. The van der Waals surface area contributed by atoms with Gasteiger partial charge in [-0.1, -0.05) is 26.0 Å². The summed E-state index contributed by atoms with van der Waals surface area (Å²) in [7, 11) is 0. The van der Waals surface area contributed by atoms with Gasteiger partial charge >= 0.3 is 0 Å². The van der Waals surface area contributed by atoms with Crippen molar-refractivity contribution < 1.29 is 5.21 Å². The van der Waals surface area contributed by atoms with Gasteiger partial charge in [0.25, 0.3) is 0 Å². The zero-order chi connectivity index (χ0) is 11.8. The topological polar surface area (TPSA) is 32.6 Å². The van der Waals surface area contributed by atoms with Crippen LogP contribution in [-0.2, 0) is 0 Å². The Bertz CT molecular complexity index is 310. The van der Waals surface area contributed by atoms with Crippen molar-refractivity contribution >= 4 is 6.21 Å². The summed E-state index contributed by atoms with van der Waals surface area (Å²) in [6.45, 7) is 8.69. The zero-order valence-electron chi connectivity index (χ0n) is 10.4. The van der Waals surface area contributed by atoms with E-state index in [1.165, 1.54) is 31.3 Å². The molecule has 4 unspecified atom stereocenters. The van der Waals surface area contributed by atoms with E-state index >= 15 is 0 Å². The van der Waals surface area contributed by atoms with Gasteiger partial charge in [-0.2, -0.15) is 0 Å². The van der Waals surface area contributed by atoms with Gasteiger partial charge in [-0.15, -0.1) is 5.16 Å². The molecular formula is C14H23NO. The van der Waals surface area contributed by atoms with Gasteiger partial charge in [0, 0.05) is 11.6 Å². The van der Waals surface area contributed by atoms with Crippen molar-refractivity contribution in [3.8, 4) is 0 Å². The Labute approximate surface area is 98.4 Å². The smallest absolute Gasteiger partial charge is 0.0500 e. The lowest BCUT2D eigenvalue weighted by Gasteiger charge is -2.50. The van der Waals surface area contributed by atoms with Crippen molar-refractivity contribution in [2.45, 2.75) is 46.0 Å². The molecule has 1 N–H and O–H groups in total. The van der Waals surface area contributed by atoms with E-state index in [2.05, 4.69) is 25.6 Å². The van der Waals surface area contributed by atoms with Gasteiger partial charge in [-0.05, 0) is 49.9 Å². The van der Waals surface area contributed by atoms with Crippen molar-refractivity contribution in [3.63, 3.8) is 0 Å². The van der Waals surface area contributed by atoms with Crippen LogP contribution in [-0.4, -0.2) is 11.4 Å². The van der Waals surface area contributed by atoms with E-state index in [-0.39, 0.29) is 5.41 Å². The summed E-state index contributed by atoms with van der Waals surface area (Å²) in [6.07, 6.45) is 7.92. The highest BCUT2D eigenvalue weighted by molar-refractivity contribution is 5.66. The van der Waals surface area contributed by atoms with Gasteiger partial charge in [0.2, 0.25) is 0 Å². The van der Waals surface area contributed by atoms with Crippen molar-refractivity contribution in [2.24, 2.45) is 28.3 Å². The van der Waals surface area contributed by atoms with Crippen molar-refractivity contribution in [3.05, 3.63) is 12.2 Å². The second-order valence-corrected chi connectivity index (χ2v) is 5.95. The third kappa shape index (κ3) is 1.79. The molecule has 2 fully saturated rings. The van der Waals surface area contributed by atoms with Crippen LogP contribution in [0.5, 0.6) is 0 Å². The van der Waals surface area contributed by atoms with E-state index in [4.69, 9.17) is 5.21 Å². The zero-order valence-corrected chi connectivity index (χ0v) is 10.4. The minimum atomic E-state index is 0.0817. The number of fused-ring (bicyclic) bond motifs is 1. The predicted octanol–water partition coefficient (Wildman–Crippen LogP) is 3.86. The second-order valence-electron chi connectivity index (χ2n) is 5.95. The molecule has 90 valence electrons. The van der Waals surface area contributed by atoms with Crippen LogP contribution in [0.3, 0.4) is 0 Å². The molecule has 0 aromatic carbocycles. The minimum absolute atomic E-state index is 0.0817. The molecule has 4 atom stereocenters. The monoisotopic (exact) mass is 221 g/mol. The van der Waals surface area contributed by atoms with Crippen LogP contribution in [0.1, 0.15) is 46.0 Å². The first kappa shape index (κ1) is 11.7. The highest BCUT2D eigenvalue weighted by Crippen LogP contribution is 2.53. The largest absolute Gasteiger partial charge is 0.411 e. The highest BCUT2D eigenvalue weighted by atomic mass is 16.4. The summed E-state index contributed by atoms with van der Waals surface area (Å²) >= 11 is 0. The average Bonchev–Trinajstić information content (AvgIpc) is 2.24. The Morgan fingerprint density at radius 3 is 2.88 bits per heavy atom. The van der Waals surface area contributed by atoms with Gasteiger partial charge in [0.05, 0.1) is 0 Å². The molecular weight excluding hydrogens is 198 g/mol. The molecule has 0 amide bonds. The minimum Gasteiger partial charge on any atom is -0.411 e. The molecule has 2 nitrogen and oxygen atoms in total. The van der Waals surface area contributed by atoms with Crippen LogP contribution in [0.25, 0.3) is 0 Å². The molecule has 0 spiro atoms. The maximum Gasteiger partial charge on any atom is 0.0500 e. The number of oxime groups is 1. The first-order valence-corrected chi connectivity index (χ1v) is 6.43. The number of rotatable bonds is 1. The van der Waals surface area contributed by atoms with Crippen LogP contribution >= 0.6 is 0 Å². The van der Waals surface area contributed by atoms with Gasteiger partial charge in [0.1, 0.15) is 0 Å². The van der Waals surface area contributed by atoms with Gasteiger partial charge in [0.15, 0.2) is 0 Å². The van der Waals surface area contributed by atoms with E-state index in [1.54, 1.807) is 6.21 Å². The van der Waals surface area contributed by atoms with Crippen LogP contribution in [0.4, 0.5) is 0 Å². The molecule has 0 aromatic rings. The number of hydrogen-bond acceptors (Lipinski definition) is 2. The quantitative estimate of drug-likeness (QED) is 0.310. The van der Waals surface area contributed by atoms with Crippen LogP contribution in [0.15, 0.2) is 17.3 Å². The Morgan fingerprint density at radius 1 is 1.44 bits per heavy atom. The molecule has 0 aromatic heterocycles. The maximum absolute atomic E-state index is 8.90. The number of nitrogens with zero attached hydrogens (tertiary/aromatic N) is 1. The Balaban J connectivity index is 2.24. The standard InChI is InChI=1S/C14H23NO/c1-10-4-7-13-12(8-10)6-5-11(2)14(13,3)9-15-16/h9,11-13,16H,1,4-8H2,2-3H3/b15-9-.